The lowest BCUT2D eigenvalue weighted by Crippen LogP contribution is -2.13. The van der Waals surface area contributed by atoms with Crippen LogP contribution < -0.4 is 14.8 Å². The predicted molar refractivity (Wildman–Crippen MR) is 135 cm³/mol. The molecule has 0 aliphatic rings. The largest absolute Gasteiger partial charge is 0.493 e. The number of hydrogen-bond acceptors (Lipinski definition) is 4. The molecule has 0 bridgehead atoms. The molecule has 0 heterocycles. The maximum atomic E-state index is 12.6. The van der Waals surface area contributed by atoms with Crippen molar-refractivity contribution in [1.29, 1.82) is 5.26 Å². The quantitative estimate of drug-likeness (QED) is 0.252. The Morgan fingerprint density at radius 1 is 1.15 bits per heavy atom. The molecule has 0 aliphatic heterocycles. The minimum absolute atomic E-state index is 0.0783. The highest BCUT2D eigenvalue weighted by Gasteiger charge is 2.15. The Morgan fingerprint density at radius 2 is 1.91 bits per heavy atom. The van der Waals surface area contributed by atoms with Gasteiger partial charge in [-0.3, -0.25) is 4.79 Å². The molecule has 3 aromatic carbocycles. The molecule has 0 aliphatic carbocycles. The van der Waals surface area contributed by atoms with Gasteiger partial charge >= 0.3 is 0 Å². The van der Waals surface area contributed by atoms with Crippen LogP contribution in [-0.2, 0) is 11.4 Å². The molecule has 1 N–H and O–H groups in total. The van der Waals surface area contributed by atoms with E-state index in [0.29, 0.717) is 37.3 Å². The molecule has 0 saturated heterocycles. The summed E-state index contributed by atoms with van der Waals surface area (Å²) in [4.78, 5) is 12.6. The second-order valence-corrected chi connectivity index (χ2v) is 8.67. The molecule has 0 fully saturated rings. The molecule has 168 valence electrons. The van der Waals surface area contributed by atoms with Gasteiger partial charge in [-0.15, -0.1) is 0 Å². The Bertz CT molecular complexity index is 1270. The first-order valence-electron chi connectivity index (χ1n) is 9.75. The third kappa shape index (κ3) is 6.29. The van der Waals surface area contributed by atoms with Gasteiger partial charge in [-0.05, 0) is 70.4 Å². The third-order valence-electron chi connectivity index (χ3n) is 4.69. The van der Waals surface area contributed by atoms with E-state index in [4.69, 9.17) is 32.7 Å². The molecule has 0 spiro atoms. The lowest BCUT2D eigenvalue weighted by molar-refractivity contribution is -0.112. The normalized spacial score (nSPS) is 11.0. The number of hydrogen-bond donors (Lipinski definition) is 1. The van der Waals surface area contributed by atoms with Crippen molar-refractivity contribution in [1.82, 2.24) is 0 Å². The lowest BCUT2D eigenvalue weighted by Gasteiger charge is -2.14. The van der Waals surface area contributed by atoms with E-state index in [1.807, 2.05) is 31.2 Å². The zero-order valence-electron chi connectivity index (χ0n) is 17.8. The van der Waals surface area contributed by atoms with Crippen LogP contribution in [0.5, 0.6) is 11.5 Å². The number of aryl methyl sites for hydroxylation is 1. The zero-order valence-corrected chi connectivity index (χ0v) is 20.9. The first-order valence-corrected chi connectivity index (χ1v) is 11.3. The molecule has 0 radical (unpaired) electrons. The zero-order chi connectivity index (χ0) is 24.0. The fraction of sp³-hybridized carbons (Fsp3) is 0.120. The summed E-state index contributed by atoms with van der Waals surface area (Å²) in [6.45, 7) is 2.11. The second kappa shape index (κ2) is 11.2. The van der Waals surface area contributed by atoms with E-state index in [-0.39, 0.29) is 12.2 Å². The summed E-state index contributed by atoms with van der Waals surface area (Å²) in [6.07, 6.45) is 1.47. The summed E-state index contributed by atoms with van der Waals surface area (Å²) < 4.78 is 12.0. The summed E-state index contributed by atoms with van der Waals surface area (Å²) in [5.74, 6) is 0.365. The van der Waals surface area contributed by atoms with Crippen LogP contribution in [-0.4, -0.2) is 13.0 Å². The molecule has 0 saturated carbocycles. The highest BCUT2D eigenvalue weighted by Crippen LogP contribution is 2.38. The summed E-state index contributed by atoms with van der Waals surface area (Å²) in [6, 6.07) is 17.9. The summed E-state index contributed by atoms with van der Waals surface area (Å²) in [7, 11) is 1.51. The fourth-order valence-electron chi connectivity index (χ4n) is 2.91. The number of carbonyl (C=O) groups excluding carboxylic acids is 1. The first kappa shape index (κ1) is 24.7. The van der Waals surface area contributed by atoms with E-state index in [9.17, 15) is 10.1 Å². The summed E-state index contributed by atoms with van der Waals surface area (Å²) in [5.41, 5.74) is 2.72. The highest BCUT2D eigenvalue weighted by atomic mass is 79.9. The van der Waals surface area contributed by atoms with Crippen LogP contribution in [0.3, 0.4) is 0 Å². The summed E-state index contributed by atoms with van der Waals surface area (Å²) in [5, 5.41) is 13.3. The van der Waals surface area contributed by atoms with Gasteiger partial charge in [0.2, 0.25) is 0 Å². The molecular weight excluding hydrogens is 527 g/mol. The number of amides is 1. The Kier molecular flexibility index (Phi) is 8.40. The van der Waals surface area contributed by atoms with Gasteiger partial charge in [0, 0.05) is 21.3 Å². The van der Waals surface area contributed by atoms with Crippen LogP contribution in [0.15, 0.2) is 64.6 Å². The number of benzene rings is 3. The van der Waals surface area contributed by atoms with Crippen molar-refractivity contribution >= 4 is 56.8 Å². The number of anilines is 1. The van der Waals surface area contributed by atoms with E-state index in [1.165, 1.54) is 13.2 Å². The van der Waals surface area contributed by atoms with Gasteiger partial charge < -0.3 is 14.8 Å². The number of ether oxygens (including phenoxy) is 2. The van der Waals surface area contributed by atoms with Crippen LogP contribution in [0.25, 0.3) is 6.08 Å². The molecule has 0 unspecified atom stereocenters. The van der Waals surface area contributed by atoms with E-state index >= 15 is 0 Å². The minimum atomic E-state index is -0.549. The topological polar surface area (TPSA) is 71.3 Å². The maximum Gasteiger partial charge on any atom is 0.266 e. The van der Waals surface area contributed by atoms with E-state index in [1.54, 1.807) is 36.4 Å². The Balaban J connectivity index is 1.83. The van der Waals surface area contributed by atoms with Gasteiger partial charge in [0.25, 0.3) is 5.91 Å². The summed E-state index contributed by atoms with van der Waals surface area (Å²) >= 11 is 15.8. The molecule has 8 heteroatoms. The van der Waals surface area contributed by atoms with Crippen LogP contribution in [0.4, 0.5) is 5.69 Å². The Hall–Kier alpha value is -2.98. The Labute approximate surface area is 210 Å². The van der Waals surface area contributed by atoms with E-state index in [0.717, 1.165) is 11.1 Å². The Morgan fingerprint density at radius 3 is 2.58 bits per heavy atom. The first-order chi connectivity index (χ1) is 15.8. The van der Waals surface area contributed by atoms with E-state index in [2.05, 4.69) is 21.2 Å². The van der Waals surface area contributed by atoms with Crippen LogP contribution in [0.1, 0.15) is 16.7 Å². The minimum Gasteiger partial charge on any atom is -0.493 e. The standard InChI is InChI=1S/C25H19BrCl2N2O3/c1-15-7-8-19(12-22(15)28)30-25(31)18(13-29)9-16-10-20(26)24(23(11-16)32-2)33-14-17-5-3-4-6-21(17)27/h3-12H,14H2,1-2H3,(H,30,31)/b18-9+. The molecule has 5 nitrogen and oxygen atoms in total. The van der Waals surface area contributed by atoms with Crippen molar-refractivity contribution in [2.75, 3.05) is 12.4 Å². The average Bonchev–Trinajstić information content (AvgIpc) is 2.79. The number of carbonyl (C=O) groups is 1. The van der Waals surface area contributed by atoms with E-state index < -0.39 is 5.91 Å². The van der Waals surface area contributed by atoms with Crippen LogP contribution in [0.2, 0.25) is 10.0 Å². The van der Waals surface area contributed by atoms with Gasteiger partial charge in [0.15, 0.2) is 11.5 Å². The van der Waals surface area contributed by atoms with Crippen molar-refractivity contribution < 1.29 is 14.3 Å². The molecule has 3 rings (SSSR count). The SMILES string of the molecule is COc1cc(/C=C(\C#N)C(=O)Nc2ccc(C)c(Cl)c2)cc(Br)c1OCc1ccccc1Cl. The highest BCUT2D eigenvalue weighted by molar-refractivity contribution is 9.10. The molecule has 33 heavy (non-hydrogen) atoms. The number of nitriles is 1. The van der Waals surface area contributed by atoms with Crippen molar-refractivity contribution in [2.45, 2.75) is 13.5 Å². The van der Waals surface area contributed by atoms with Gasteiger partial charge in [-0.2, -0.15) is 5.26 Å². The van der Waals surface area contributed by atoms with Crippen molar-refractivity contribution in [3.8, 4) is 17.6 Å². The van der Waals surface area contributed by atoms with Crippen molar-refractivity contribution in [3.05, 3.63) is 91.4 Å². The molecule has 1 amide bonds. The van der Waals surface area contributed by atoms with Gasteiger partial charge in [-0.25, -0.2) is 0 Å². The van der Waals surface area contributed by atoms with Crippen molar-refractivity contribution in [2.24, 2.45) is 0 Å². The van der Waals surface area contributed by atoms with Crippen molar-refractivity contribution in [3.63, 3.8) is 0 Å². The maximum absolute atomic E-state index is 12.6. The number of halogens is 3. The molecule has 3 aromatic rings. The van der Waals surface area contributed by atoms with Crippen LogP contribution >= 0.6 is 39.1 Å². The number of nitrogens with zero attached hydrogens (tertiary/aromatic N) is 1. The van der Waals surface area contributed by atoms with Gasteiger partial charge in [-0.1, -0.05) is 47.5 Å². The van der Waals surface area contributed by atoms with Gasteiger partial charge in [0.05, 0.1) is 11.6 Å². The number of nitrogens with one attached hydrogen (secondary N) is 1. The number of methoxy groups -OCH3 is 1. The average molecular weight is 546 g/mol. The van der Waals surface area contributed by atoms with Crippen LogP contribution in [0, 0.1) is 18.3 Å². The smallest absolute Gasteiger partial charge is 0.266 e. The number of rotatable bonds is 7. The molecule has 0 atom stereocenters. The molecule has 0 aromatic heterocycles. The molecular formula is C25H19BrCl2N2O3. The third-order valence-corrected chi connectivity index (χ3v) is 6.05. The predicted octanol–water partition coefficient (Wildman–Crippen LogP) is 7.20. The van der Waals surface area contributed by atoms with Gasteiger partial charge in [0.1, 0.15) is 18.2 Å². The monoisotopic (exact) mass is 544 g/mol. The lowest BCUT2D eigenvalue weighted by atomic mass is 10.1. The fourth-order valence-corrected chi connectivity index (χ4v) is 3.86. The second-order valence-electron chi connectivity index (χ2n) is 7.00.